The Hall–Kier alpha value is -2.08. The lowest BCUT2D eigenvalue weighted by atomic mass is 10.3. The molecule has 0 spiro atoms. The molecule has 0 aliphatic rings. The molecule has 0 saturated heterocycles. The van der Waals surface area contributed by atoms with Crippen LogP contribution < -0.4 is 16.6 Å². The van der Waals surface area contributed by atoms with Crippen LogP contribution in [0.2, 0.25) is 5.02 Å². The average Bonchev–Trinajstić information content (AvgIpc) is 2.41. The zero-order chi connectivity index (χ0) is 14.9. The second-order valence-electron chi connectivity index (χ2n) is 4.32. The van der Waals surface area contributed by atoms with Crippen LogP contribution in [0.5, 0.6) is 0 Å². The van der Waals surface area contributed by atoms with Crippen LogP contribution in [0.1, 0.15) is 5.69 Å². The van der Waals surface area contributed by atoms with Gasteiger partial charge in [0.25, 0.3) is 5.56 Å². The second kappa shape index (κ2) is 5.50. The average molecular weight is 298 g/mol. The van der Waals surface area contributed by atoms with Crippen molar-refractivity contribution in [2.45, 2.75) is 6.54 Å². The Kier molecular flexibility index (Phi) is 3.94. The first-order chi connectivity index (χ1) is 9.41. The summed E-state index contributed by atoms with van der Waals surface area (Å²) in [6, 6.07) is 5.65. The Labute approximate surface area is 119 Å². The van der Waals surface area contributed by atoms with Crippen LogP contribution in [0.3, 0.4) is 0 Å². The lowest BCUT2D eigenvalue weighted by molar-refractivity contribution is 0.627. The monoisotopic (exact) mass is 297 g/mol. The summed E-state index contributed by atoms with van der Waals surface area (Å²) in [5, 5.41) is 3.03. The summed E-state index contributed by atoms with van der Waals surface area (Å²) < 4.78 is 15.9. The number of aromatic nitrogens is 2. The van der Waals surface area contributed by atoms with Gasteiger partial charge in [-0.05, 0) is 12.1 Å². The molecule has 0 atom stereocenters. The lowest BCUT2D eigenvalue weighted by Crippen LogP contribution is -2.38. The minimum atomic E-state index is -0.494. The fraction of sp³-hybridized carbons (Fsp3) is 0.231. The zero-order valence-electron chi connectivity index (χ0n) is 11.0. The molecule has 20 heavy (non-hydrogen) atoms. The van der Waals surface area contributed by atoms with Gasteiger partial charge in [-0.2, -0.15) is 0 Å². The highest BCUT2D eigenvalue weighted by Gasteiger charge is 2.09. The Balaban J connectivity index is 2.33. The van der Waals surface area contributed by atoms with Gasteiger partial charge >= 0.3 is 5.69 Å². The van der Waals surface area contributed by atoms with Crippen molar-refractivity contribution in [1.29, 1.82) is 0 Å². The number of halogens is 2. The maximum Gasteiger partial charge on any atom is 0.330 e. The number of benzene rings is 1. The van der Waals surface area contributed by atoms with Crippen molar-refractivity contribution < 1.29 is 4.39 Å². The summed E-state index contributed by atoms with van der Waals surface area (Å²) in [7, 11) is 2.94. The normalized spacial score (nSPS) is 10.6. The molecule has 0 aliphatic heterocycles. The van der Waals surface area contributed by atoms with E-state index in [1.165, 1.54) is 29.8 Å². The van der Waals surface area contributed by atoms with Crippen molar-refractivity contribution in [3.05, 3.63) is 61.6 Å². The summed E-state index contributed by atoms with van der Waals surface area (Å²) in [6.45, 7) is 0.114. The van der Waals surface area contributed by atoms with Gasteiger partial charge in [0.2, 0.25) is 0 Å². The molecule has 1 aromatic carbocycles. The van der Waals surface area contributed by atoms with Crippen LogP contribution in [0.4, 0.5) is 10.1 Å². The second-order valence-corrected chi connectivity index (χ2v) is 4.73. The van der Waals surface area contributed by atoms with Gasteiger partial charge in [0.05, 0.1) is 17.3 Å². The Bertz CT molecular complexity index is 747. The number of para-hydroxylation sites is 1. The van der Waals surface area contributed by atoms with E-state index in [4.69, 9.17) is 11.6 Å². The number of hydrogen-bond donors (Lipinski definition) is 1. The summed E-state index contributed by atoms with van der Waals surface area (Å²) >= 11 is 5.89. The van der Waals surface area contributed by atoms with E-state index in [-0.39, 0.29) is 17.3 Å². The molecule has 0 fully saturated rings. The Morgan fingerprint density at radius 2 is 1.95 bits per heavy atom. The highest BCUT2D eigenvalue weighted by Crippen LogP contribution is 2.24. The molecule has 0 saturated carbocycles. The summed E-state index contributed by atoms with van der Waals surface area (Å²) in [5.41, 5.74) is -0.266. The molecule has 5 nitrogen and oxygen atoms in total. The lowest BCUT2D eigenvalue weighted by Gasteiger charge is -2.12. The van der Waals surface area contributed by atoms with E-state index in [1.807, 2.05) is 0 Å². The first kappa shape index (κ1) is 14.3. The van der Waals surface area contributed by atoms with E-state index >= 15 is 0 Å². The van der Waals surface area contributed by atoms with Gasteiger partial charge in [-0.1, -0.05) is 17.7 Å². The van der Waals surface area contributed by atoms with Crippen molar-refractivity contribution in [3.63, 3.8) is 0 Å². The van der Waals surface area contributed by atoms with Gasteiger partial charge in [-0.3, -0.25) is 13.9 Å². The van der Waals surface area contributed by atoms with Crippen LogP contribution in [-0.2, 0) is 20.6 Å². The number of nitrogens with one attached hydrogen (secondary N) is 1. The SMILES string of the molecule is Cn1c(CNc2c(F)cccc2Cl)cc(=O)n(C)c1=O. The third kappa shape index (κ3) is 2.60. The van der Waals surface area contributed by atoms with Crippen LogP contribution in [0, 0.1) is 5.82 Å². The molecule has 0 aliphatic carbocycles. The smallest absolute Gasteiger partial charge is 0.330 e. The third-order valence-corrected chi connectivity index (χ3v) is 3.35. The van der Waals surface area contributed by atoms with E-state index in [0.29, 0.717) is 5.69 Å². The molecular weight excluding hydrogens is 285 g/mol. The predicted octanol–water partition coefficient (Wildman–Crippen LogP) is 1.49. The van der Waals surface area contributed by atoms with E-state index in [9.17, 15) is 14.0 Å². The minimum absolute atomic E-state index is 0.114. The molecule has 7 heteroatoms. The number of nitrogens with zero attached hydrogens (tertiary/aromatic N) is 2. The standard InChI is InChI=1S/C13H13ClFN3O2/c1-17-8(6-11(19)18(2)13(17)20)7-16-12-9(14)4-3-5-10(12)15/h3-6,16H,7H2,1-2H3. The highest BCUT2D eigenvalue weighted by atomic mass is 35.5. The summed E-state index contributed by atoms with van der Waals surface area (Å²) in [5.74, 6) is -0.494. The number of anilines is 1. The van der Waals surface area contributed by atoms with Crippen LogP contribution in [0.15, 0.2) is 33.9 Å². The molecule has 0 radical (unpaired) electrons. The molecule has 1 aromatic heterocycles. The van der Waals surface area contributed by atoms with Gasteiger partial charge in [0, 0.05) is 25.9 Å². The van der Waals surface area contributed by atoms with Gasteiger partial charge in [-0.25, -0.2) is 9.18 Å². The molecule has 1 heterocycles. The first-order valence-corrected chi connectivity index (χ1v) is 6.23. The molecule has 106 valence electrons. The van der Waals surface area contributed by atoms with E-state index in [1.54, 1.807) is 13.1 Å². The summed E-state index contributed by atoms with van der Waals surface area (Å²) in [4.78, 5) is 23.3. The quantitative estimate of drug-likeness (QED) is 0.934. The van der Waals surface area contributed by atoms with Gasteiger partial charge in [-0.15, -0.1) is 0 Å². The Morgan fingerprint density at radius 3 is 2.60 bits per heavy atom. The van der Waals surface area contributed by atoms with Crippen LogP contribution in [0.25, 0.3) is 0 Å². The minimum Gasteiger partial charge on any atom is -0.376 e. The third-order valence-electron chi connectivity index (χ3n) is 3.03. The topological polar surface area (TPSA) is 56.0 Å². The zero-order valence-corrected chi connectivity index (χ0v) is 11.7. The van der Waals surface area contributed by atoms with E-state index in [2.05, 4.69) is 5.32 Å². The van der Waals surface area contributed by atoms with Crippen molar-refractivity contribution >= 4 is 17.3 Å². The van der Waals surface area contributed by atoms with E-state index < -0.39 is 17.1 Å². The maximum atomic E-state index is 13.6. The van der Waals surface area contributed by atoms with Crippen molar-refractivity contribution in [2.75, 3.05) is 5.32 Å². The molecule has 1 N–H and O–H groups in total. The molecule has 2 aromatic rings. The predicted molar refractivity (Wildman–Crippen MR) is 75.7 cm³/mol. The van der Waals surface area contributed by atoms with Gasteiger partial charge in [0.1, 0.15) is 5.82 Å². The molecule has 0 amide bonds. The number of rotatable bonds is 3. The number of hydrogen-bond acceptors (Lipinski definition) is 3. The van der Waals surface area contributed by atoms with Crippen molar-refractivity contribution in [2.24, 2.45) is 14.1 Å². The molecular formula is C13H13ClFN3O2. The van der Waals surface area contributed by atoms with Gasteiger partial charge < -0.3 is 5.32 Å². The largest absolute Gasteiger partial charge is 0.376 e. The van der Waals surface area contributed by atoms with Crippen LogP contribution in [-0.4, -0.2) is 9.13 Å². The fourth-order valence-corrected chi connectivity index (χ4v) is 2.02. The van der Waals surface area contributed by atoms with Crippen molar-refractivity contribution in [3.8, 4) is 0 Å². The van der Waals surface area contributed by atoms with E-state index in [0.717, 1.165) is 4.57 Å². The summed E-state index contributed by atoms with van der Waals surface area (Å²) in [6.07, 6.45) is 0. The molecule has 2 rings (SSSR count). The van der Waals surface area contributed by atoms with Gasteiger partial charge in [0.15, 0.2) is 0 Å². The van der Waals surface area contributed by atoms with Crippen LogP contribution >= 0.6 is 11.6 Å². The first-order valence-electron chi connectivity index (χ1n) is 5.85. The maximum absolute atomic E-state index is 13.6. The fourth-order valence-electron chi connectivity index (χ4n) is 1.79. The Morgan fingerprint density at radius 1 is 1.25 bits per heavy atom. The van der Waals surface area contributed by atoms with Crippen molar-refractivity contribution in [1.82, 2.24) is 9.13 Å². The molecule has 0 unspecified atom stereocenters. The highest BCUT2D eigenvalue weighted by molar-refractivity contribution is 6.33. The molecule has 0 bridgehead atoms.